The second kappa shape index (κ2) is 5.97. The first-order valence-electron chi connectivity index (χ1n) is 8.10. The molecule has 2 atom stereocenters. The second-order valence-corrected chi connectivity index (χ2v) is 6.67. The van der Waals surface area contributed by atoms with Gasteiger partial charge in [0.1, 0.15) is 5.82 Å². The van der Waals surface area contributed by atoms with Crippen LogP contribution in [-0.4, -0.2) is 39.4 Å². The van der Waals surface area contributed by atoms with Gasteiger partial charge in [-0.3, -0.25) is 4.79 Å². The largest absolute Gasteiger partial charge is 0.342 e. The van der Waals surface area contributed by atoms with Crippen molar-refractivity contribution in [1.82, 2.24) is 14.5 Å². The number of imidazole rings is 1. The number of likely N-dealkylation sites (tertiary alicyclic amines) is 1. The fourth-order valence-electron chi connectivity index (χ4n) is 3.80. The summed E-state index contributed by atoms with van der Waals surface area (Å²) in [6.07, 6.45) is 6.25. The molecule has 0 aromatic carbocycles. The van der Waals surface area contributed by atoms with Crippen LogP contribution in [0, 0.1) is 5.92 Å². The molecule has 6 heteroatoms. The van der Waals surface area contributed by atoms with Crippen molar-refractivity contribution in [3.05, 3.63) is 18.2 Å². The van der Waals surface area contributed by atoms with E-state index in [1.807, 2.05) is 17.8 Å². The lowest BCUT2D eigenvalue weighted by Gasteiger charge is -2.37. The monoisotopic (exact) mass is 311 g/mol. The van der Waals surface area contributed by atoms with Crippen molar-refractivity contribution in [2.45, 2.75) is 50.4 Å². The normalized spacial score (nSPS) is 28.6. The Bertz CT molecular complexity index is 543. The van der Waals surface area contributed by atoms with Gasteiger partial charge >= 0.3 is 0 Å². The number of nitrogens with zero attached hydrogens (tertiary/aromatic N) is 3. The Morgan fingerprint density at radius 3 is 2.86 bits per heavy atom. The van der Waals surface area contributed by atoms with Gasteiger partial charge in [0.05, 0.1) is 0 Å². The molecule has 1 aromatic rings. The molecular weight excluding hydrogens is 288 g/mol. The van der Waals surface area contributed by atoms with Crippen molar-refractivity contribution in [3.63, 3.8) is 0 Å². The van der Waals surface area contributed by atoms with Gasteiger partial charge in [0.15, 0.2) is 0 Å². The van der Waals surface area contributed by atoms with E-state index in [1.165, 1.54) is 0 Å². The standard InChI is InChI=1S/C16H23F2N3O/c1-20-9-7-19-14(20)13-5-3-8-21(11-13)15(22)12-4-2-6-16(17,18)10-12/h7,9,12-13H,2-6,8,10-11H2,1H3/t12-,13-/m1/s1. The van der Waals surface area contributed by atoms with E-state index in [2.05, 4.69) is 4.98 Å². The van der Waals surface area contributed by atoms with Crippen LogP contribution in [0.5, 0.6) is 0 Å². The van der Waals surface area contributed by atoms with Gasteiger partial charge in [-0.25, -0.2) is 13.8 Å². The number of aryl methyl sites for hydroxylation is 1. The lowest BCUT2D eigenvalue weighted by molar-refractivity contribution is -0.143. The first kappa shape index (κ1) is 15.4. The Balaban J connectivity index is 1.67. The minimum atomic E-state index is -2.67. The Morgan fingerprint density at radius 1 is 1.36 bits per heavy atom. The van der Waals surface area contributed by atoms with Crippen LogP contribution in [0.1, 0.15) is 50.3 Å². The lowest BCUT2D eigenvalue weighted by atomic mass is 9.84. The van der Waals surface area contributed by atoms with E-state index < -0.39 is 11.8 Å². The molecule has 3 rings (SSSR count). The van der Waals surface area contributed by atoms with Crippen molar-refractivity contribution in [1.29, 1.82) is 0 Å². The van der Waals surface area contributed by atoms with Crippen molar-refractivity contribution >= 4 is 5.91 Å². The van der Waals surface area contributed by atoms with E-state index >= 15 is 0 Å². The highest BCUT2D eigenvalue weighted by atomic mass is 19.3. The number of carbonyl (C=O) groups is 1. The van der Waals surface area contributed by atoms with Gasteiger partial charge in [0, 0.05) is 57.2 Å². The highest BCUT2D eigenvalue weighted by molar-refractivity contribution is 5.79. The molecule has 1 aliphatic carbocycles. The molecular formula is C16H23F2N3O. The topological polar surface area (TPSA) is 38.1 Å². The molecule has 0 bridgehead atoms. The second-order valence-electron chi connectivity index (χ2n) is 6.67. The van der Waals surface area contributed by atoms with E-state index in [9.17, 15) is 13.6 Å². The first-order chi connectivity index (χ1) is 10.5. The number of halogens is 2. The Morgan fingerprint density at radius 2 is 2.18 bits per heavy atom. The average molecular weight is 311 g/mol. The molecule has 2 fully saturated rings. The molecule has 1 aliphatic heterocycles. The van der Waals surface area contributed by atoms with Crippen molar-refractivity contribution < 1.29 is 13.6 Å². The Hall–Kier alpha value is -1.46. The van der Waals surface area contributed by atoms with E-state index in [-0.39, 0.29) is 24.7 Å². The minimum absolute atomic E-state index is 0.0767. The summed E-state index contributed by atoms with van der Waals surface area (Å²) >= 11 is 0. The van der Waals surface area contributed by atoms with E-state index in [0.29, 0.717) is 25.9 Å². The summed E-state index contributed by atoms with van der Waals surface area (Å²) in [6, 6.07) is 0. The van der Waals surface area contributed by atoms with Gasteiger partial charge < -0.3 is 9.47 Å². The maximum Gasteiger partial charge on any atom is 0.248 e. The summed E-state index contributed by atoms with van der Waals surface area (Å²) in [6.45, 7) is 1.29. The van der Waals surface area contributed by atoms with Crippen molar-refractivity contribution in [2.75, 3.05) is 13.1 Å². The molecule has 4 nitrogen and oxygen atoms in total. The molecule has 1 amide bonds. The van der Waals surface area contributed by atoms with Crippen LogP contribution in [0.25, 0.3) is 0 Å². The number of carbonyl (C=O) groups excluding carboxylic acids is 1. The number of piperidine rings is 1. The third kappa shape index (κ3) is 3.15. The van der Waals surface area contributed by atoms with Crippen molar-refractivity contribution in [3.8, 4) is 0 Å². The molecule has 22 heavy (non-hydrogen) atoms. The fraction of sp³-hybridized carbons (Fsp3) is 0.750. The summed E-state index contributed by atoms with van der Waals surface area (Å²) in [4.78, 5) is 18.8. The molecule has 1 saturated heterocycles. The zero-order chi connectivity index (χ0) is 15.7. The summed E-state index contributed by atoms with van der Waals surface area (Å²) in [5.74, 6) is -2.08. The zero-order valence-electron chi connectivity index (χ0n) is 13.0. The summed E-state index contributed by atoms with van der Waals surface area (Å²) in [5, 5.41) is 0. The predicted octanol–water partition coefficient (Wildman–Crippen LogP) is 2.95. The van der Waals surface area contributed by atoms with Gasteiger partial charge in [0.25, 0.3) is 0 Å². The lowest BCUT2D eigenvalue weighted by Crippen LogP contribution is -2.45. The third-order valence-corrected chi connectivity index (χ3v) is 4.95. The van der Waals surface area contributed by atoms with E-state index in [1.54, 1.807) is 11.1 Å². The number of aromatic nitrogens is 2. The summed E-state index contributed by atoms with van der Waals surface area (Å²) in [5.41, 5.74) is 0. The predicted molar refractivity (Wildman–Crippen MR) is 78.7 cm³/mol. The maximum absolute atomic E-state index is 13.6. The molecule has 1 aromatic heterocycles. The molecule has 0 spiro atoms. The fourth-order valence-corrected chi connectivity index (χ4v) is 3.80. The quantitative estimate of drug-likeness (QED) is 0.842. The van der Waals surface area contributed by atoms with Crippen LogP contribution in [0.2, 0.25) is 0 Å². The highest BCUT2D eigenvalue weighted by Gasteiger charge is 2.41. The molecule has 0 N–H and O–H groups in total. The molecule has 2 aliphatic rings. The average Bonchev–Trinajstić information content (AvgIpc) is 2.92. The van der Waals surface area contributed by atoms with Crippen LogP contribution in [0.3, 0.4) is 0 Å². The van der Waals surface area contributed by atoms with Crippen LogP contribution >= 0.6 is 0 Å². The minimum Gasteiger partial charge on any atom is -0.342 e. The molecule has 122 valence electrons. The van der Waals surface area contributed by atoms with Crippen LogP contribution in [0.15, 0.2) is 12.4 Å². The van der Waals surface area contributed by atoms with Gasteiger partial charge in [0.2, 0.25) is 11.8 Å². The van der Waals surface area contributed by atoms with Crippen LogP contribution < -0.4 is 0 Å². The maximum atomic E-state index is 13.6. The Labute approximate surface area is 129 Å². The number of alkyl halides is 2. The van der Waals surface area contributed by atoms with Crippen LogP contribution in [-0.2, 0) is 11.8 Å². The van der Waals surface area contributed by atoms with Gasteiger partial charge in [-0.1, -0.05) is 0 Å². The number of amides is 1. The third-order valence-electron chi connectivity index (χ3n) is 4.95. The SMILES string of the molecule is Cn1ccnc1[C@@H]1CCCN(C(=O)[C@@H]2CCCC(F)(F)C2)C1. The van der Waals surface area contributed by atoms with Gasteiger partial charge in [-0.15, -0.1) is 0 Å². The van der Waals surface area contributed by atoms with E-state index in [0.717, 1.165) is 18.7 Å². The zero-order valence-corrected chi connectivity index (χ0v) is 13.0. The highest BCUT2D eigenvalue weighted by Crippen LogP contribution is 2.38. The Kier molecular flexibility index (Phi) is 4.19. The smallest absolute Gasteiger partial charge is 0.248 e. The van der Waals surface area contributed by atoms with Gasteiger partial charge in [-0.05, 0) is 25.7 Å². The number of rotatable bonds is 2. The molecule has 1 saturated carbocycles. The molecule has 0 radical (unpaired) electrons. The first-order valence-corrected chi connectivity index (χ1v) is 8.10. The molecule has 2 heterocycles. The molecule has 0 unspecified atom stereocenters. The number of hydrogen-bond donors (Lipinski definition) is 0. The summed E-state index contributed by atoms with van der Waals surface area (Å²) < 4.78 is 29.1. The van der Waals surface area contributed by atoms with E-state index in [4.69, 9.17) is 0 Å². The summed E-state index contributed by atoms with van der Waals surface area (Å²) in [7, 11) is 1.95. The van der Waals surface area contributed by atoms with Crippen molar-refractivity contribution in [2.24, 2.45) is 13.0 Å². The van der Waals surface area contributed by atoms with Crippen LogP contribution in [0.4, 0.5) is 8.78 Å². The number of hydrogen-bond acceptors (Lipinski definition) is 2. The van der Waals surface area contributed by atoms with Gasteiger partial charge in [-0.2, -0.15) is 0 Å².